The summed E-state index contributed by atoms with van der Waals surface area (Å²) in [6.07, 6.45) is 2.64. The van der Waals surface area contributed by atoms with Gasteiger partial charge in [0.15, 0.2) is 0 Å². The Balaban J connectivity index is 1.97. The van der Waals surface area contributed by atoms with Crippen LogP contribution in [0.1, 0.15) is 40.2 Å². The Morgan fingerprint density at radius 1 is 0.667 bits per heavy atom. The lowest BCUT2D eigenvalue weighted by atomic mass is 10.2. The smallest absolute Gasteiger partial charge is 0.119 e. The van der Waals surface area contributed by atoms with Gasteiger partial charge in [0.25, 0.3) is 0 Å². The predicted molar refractivity (Wildman–Crippen MR) is 131 cm³/mol. The van der Waals surface area contributed by atoms with Gasteiger partial charge in [0, 0.05) is 0 Å². The van der Waals surface area contributed by atoms with Crippen LogP contribution in [0.2, 0.25) is 0 Å². The van der Waals surface area contributed by atoms with Gasteiger partial charge in [0.05, 0.1) is 12.2 Å². The summed E-state index contributed by atoms with van der Waals surface area (Å²) >= 11 is 0. The summed E-state index contributed by atoms with van der Waals surface area (Å²) in [5.41, 5.74) is 1.22. The van der Waals surface area contributed by atoms with Gasteiger partial charge in [0.1, 0.15) is 11.5 Å². The van der Waals surface area contributed by atoms with Crippen molar-refractivity contribution in [1.29, 1.82) is 0 Å². The third-order valence-electron chi connectivity index (χ3n) is 4.46. The van der Waals surface area contributed by atoms with Gasteiger partial charge in [-0.2, -0.15) is 0 Å². The number of rotatable bonds is 8. The van der Waals surface area contributed by atoms with Gasteiger partial charge in [-0.25, -0.2) is 0 Å². The van der Waals surface area contributed by atoms with Crippen LogP contribution in [0.25, 0.3) is 6.08 Å². The molecule has 0 aliphatic rings. The van der Waals surface area contributed by atoms with Crippen LogP contribution in [0.3, 0.4) is 0 Å². The van der Waals surface area contributed by atoms with Gasteiger partial charge in [-0.15, -0.1) is 0 Å². The molecule has 0 radical (unpaired) electrons. The van der Waals surface area contributed by atoms with E-state index in [1.165, 1.54) is 21.5 Å². The highest BCUT2D eigenvalue weighted by Crippen LogP contribution is 2.44. The Hall–Kier alpha value is -2.57. The van der Waals surface area contributed by atoms with Crippen LogP contribution in [-0.2, 0) is 0 Å². The SMILES string of the molecule is C/C(=C\c1ccccc1)P(c1ccc(OC(C)C)cc1)c1ccc(OC(C)C)cc1. The van der Waals surface area contributed by atoms with Gasteiger partial charge in [-0.1, -0.05) is 60.7 Å². The number of ether oxygens (including phenoxy) is 2. The molecule has 0 saturated carbocycles. The van der Waals surface area contributed by atoms with E-state index in [-0.39, 0.29) is 12.2 Å². The molecule has 3 heteroatoms. The minimum atomic E-state index is -0.651. The zero-order valence-electron chi connectivity index (χ0n) is 18.5. The normalized spacial score (nSPS) is 11.9. The molecular weight excluding hydrogens is 387 g/mol. The highest BCUT2D eigenvalue weighted by molar-refractivity contribution is 7.76. The van der Waals surface area contributed by atoms with Crippen molar-refractivity contribution in [2.45, 2.75) is 46.8 Å². The van der Waals surface area contributed by atoms with E-state index in [4.69, 9.17) is 9.47 Å². The minimum Gasteiger partial charge on any atom is -0.491 e. The van der Waals surface area contributed by atoms with Crippen LogP contribution in [0.4, 0.5) is 0 Å². The molecule has 0 amide bonds. The first-order valence-corrected chi connectivity index (χ1v) is 11.8. The highest BCUT2D eigenvalue weighted by Gasteiger charge is 2.17. The molecule has 3 aromatic rings. The van der Waals surface area contributed by atoms with Gasteiger partial charge < -0.3 is 9.47 Å². The van der Waals surface area contributed by atoms with E-state index in [1.54, 1.807) is 0 Å². The molecule has 0 bridgehead atoms. The second-order valence-electron chi connectivity index (χ2n) is 7.85. The maximum Gasteiger partial charge on any atom is 0.119 e. The fraction of sp³-hybridized carbons (Fsp3) is 0.259. The van der Waals surface area contributed by atoms with Crippen molar-refractivity contribution in [1.82, 2.24) is 0 Å². The van der Waals surface area contributed by atoms with Crippen molar-refractivity contribution in [2.24, 2.45) is 0 Å². The summed E-state index contributed by atoms with van der Waals surface area (Å²) in [7, 11) is -0.651. The number of hydrogen-bond acceptors (Lipinski definition) is 2. The van der Waals surface area contributed by atoms with Crippen molar-refractivity contribution in [3.63, 3.8) is 0 Å². The van der Waals surface area contributed by atoms with Crippen LogP contribution in [0.15, 0.2) is 84.2 Å². The summed E-state index contributed by atoms with van der Waals surface area (Å²) in [4.78, 5) is 0. The van der Waals surface area contributed by atoms with Crippen LogP contribution >= 0.6 is 7.92 Å². The highest BCUT2D eigenvalue weighted by atomic mass is 31.1. The van der Waals surface area contributed by atoms with E-state index in [2.05, 4.69) is 91.9 Å². The molecule has 30 heavy (non-hydrogen) atoms. The Morgan fingerprint density at radius 3 is 1.50 bits per heavy atom. The lowest BCUT2D eigenvalue weighted by Crippen LogP contribution is -2.13. The lowest BCUT2D eigenvalue weighted by Gasteiger charge is -2.21. The Labute approximate surface area is 182 Å². The van der Waals surface area contributed by atoms with Crippen molar-refractivity contribution in [3.8, 4) is 11.5 Å². The van der Waals surface area contributed by atoms with E-state index >= 15 is 0 Å². The molecule has 0 heterocycles. The van der Waals surface area contributed by atoms with Crippen molar-refractivity contribution in [2.75, 3.05) is 0 Å². The zero-order valence-corrected chi connectivity index (χ0v) is 19.4. The van der Waals surface area contributed by atoms with Crippen LogP contribution in [0, 0.1) is 0 Å². The maximum absolute atomic E-state index is 5.84. The number of benzene rings is 3. The van der Waals surface area contributed by atoms with Gasteiger partial charge in [-0.05, 0) is 88.3 Å². The standard InChI is InChI=1S/C27H31O2P/c1-20(2)28-24-11-15-26(16-12-24)30(22(5)19-23-9-7-6-8-10-23)27-17-13-25(14-18-27)29-21(3)4/h6-21H,1-5H3/b22-19+. The molecule has 0 N–H and O–H groups in total. The maximum atomic E-state index is 5.84. The second kappa shape index (κ2) is 10.5. The van der Waals surface area contributed by atoms with E-state index < -0.39 is 7.92 Å². The summed E-state index contributed by atoms with van der Waals surface area (Å²) in [6.45, 7) is 10.4. The molecule has 0 saturated heterocycles. The first-order valence-electron chi connectivity index (χ1n) is 10.5. The third-order valence-corrected chi connectivity index (χ3v) is 6.92. The largest absolute Gasteiger partial charge is 0.491 e. The van der Waals surface area contributed by atoms with Crippen LogP contribution < -0.4 is 20.1 Å². The molecule has 156 valence electrons. The molecular formula is C27H31O2P. The molecule has 0 aliphatic carbocycles. The van der Waals surface area contributed by atoms with Crippen LogP contribution in [-0.4, -0.2) is 12.2 Å². The minimum absolute atomic E-state index is 0.172. The van der Waals surface area contributed by atoms with Crippen molar-refractivity contribution < 1.29 is 9.47 Å². The fourth-order valence-electron chi connectivity index (χ4n) is 3.30. The quantitative estimate of drug-likeness (QED) is 0.377. The van der Waals surface area contributed by atoms with E-state index in [0.717, 1.165) is 11.5 Å². The van der Waals surface area contributed by atoms with Crippen LogP contribution in [0.5, 0.6) is 11.5 Å². The topological polar surface area (TPSA) is 18.5 Å². The summed E-state index contributed by atoms with van der Waals surface area (Å²) < 4.78 is 11.7. The Kier molecular flexibility index (Phi) is 7.71. The van der Waals surface area contributed by atoms with E-state index in [1.807, 2.05) is 27.7 Å². The van der Waals surface area contributed by atoms with Crippen molar-refractivity contribution >= 4 is 24.6 Å². The summed E-state index contributed by atoms with van der Waals surface area (Å²) in [6, 6.07) is 27.6. The lowest BCUT2D eigenvalue weighted by molar-refractivity contribution is 0.242. The first kappa shape index (κ1) is 22.1. The Bertz CT molecular complexity index is 889. The van der Waals surface area contributed by atoms with Crippen molar-refractivity contribution in [3.05, 3.63) is 89.7 Å². The monoisotopic (exact) mass is 418 g/mol. The fourth-order valence-corrected chi connectivity index (χ4v) is 5.59. The zero-order chi connectivity index (χ0) is 21.5. The summed E-state index contributed by atoms with van der Waals surface area (Å²) in [5, 5.41) is 3.97. The number of allylic oxidation sites excluding steroid dienone is 1. The molecule has 0 aromatic heterocycles. The molecule has 0 unspecified atom stereocenters. The molecule has 3 rings (SSSR count). The second-order valence-corrected chi connectivity index (χ2v) is 10.3. The molecule has 3 aromatic carbocycles. The van der Waals surface area contributed by atoms with Gasteiger partial charge in [0.2, 0.25) is 0 Å². The summed E-state index contributed by atoms with van der Waals surface area (Å²) in [5.74, 6) is 1.82. The average Bonchev–Trinajstić information content (AvgIpc) is 2.71. The Morgan fingerprint density at radius 2 is 1.10 bits per heavy atom. The molecule has 0 fully saturated rings. The molecule has 0 spiro atoms. The predicted octanol–water partition coefficient (Wildman–Crippen LogP) is 6.75. The molecule has 0 aliphatic heterocycles. The molecule has 2 nitrogen and oxygen atoms in total. The first-order chi connectivity index (χ1) is 14.4. The average molecular weight is 419 g/mol. The van der Waals surface area contributed by atoms with E-state index in [0.29, 0.717) is 0 Å². The van der Waals surface area contributed by atoms with Gasteiger partial charge in [-0.3, -0.25) is 0 Å². The van der Waals surface area contributed by atoms with E-state index in [9.17, 15) is 0 Å². The number of hydrogen-bond donors (Lipinski definition) is 0. The van der Waals surface area contributed by atoms with Gasteiger partial charge >= 0.3 is 0 Å². The third kappa shape index (κ3) is 6.21. The molecule has 0 atom stereocenters.